The van der Waals surface area contributed by atoms with Gasteiger partial charge in [-0.15, -0.1) is 10.2 Å². The molecule has 0 aliphatic carbocycles. The van der Waals surface area contributed by atoms with Crippen molar-refractivity contribution in [2.45, 2.75) is 13.3 Å². The van der Waals surface area contributed by atoms with Crippen LogP contribution in [0.2, 0.25) is 0 Å². The number of nitrogens with two attached hydrogens (primary N) is 1. The Hall–Kier alpha value is -1.84. The van der Waals surface area contributed by atoms with Crippen molar-refractivity contribution in [2.24, 2.45) is 0 Å². The summed E-state index contributed by atoms with van der Waals surface area (Å²) in [5, 5.41) is 7.49. The Bertz CT molecular complexity index is 420. The molecule has 2 N–H and O–H groups in total. The van der Waals surface area contributed by atoms with Crippen LogP contribution in [0.3, 0.4) is 0 Å². The molecule has 2 aromatic rings. The largest absolute Gasteiger partial charge is 0.398 e. The Morgan fingerprint density at radius 3 is 2.57 bits per heavy atom. The fourth-order valence-electron chi connectivity index (χ4n) is 1.40. The SMILES string of the molecule is CCc1ccc(-n2cnnc2)cc1N. The lowest BCUT2D eigenvalue weighted by Gasteiger charge is -2.06. The van der Waals surface area contributed by atoms with Crippen LogP contribution in [-0.2, 0) is 6.42 Å². The van der Waals surface area contributed by atoms with Crippen molar-refractivity contribution >= 4 is 5.69 Å². The molecule has 4 heteroatoms. The van der Waals surface area contributed by atoms with E-state index in [1.165, 1.54) is 5.56 Å². The molecule has 0 radical (unpaired) electrons. The van der Waals surface area contributed by atoms with E-state index in [0.29, 0.717) is 0 Å². The number of aromatic nitrogens is 3. The normalized spacial score (nSPS) is 10.4. The summed E-state index contributed by atoms with van der Waals surface area (Å²) >= 11 is 0. The first-order valence-electron chi connectivity index (χ1n) is 4.54. The average molecular weight is 188 g/mol. The third-order valence-corrected chi connectivity index (χ3v) is 2.23. The fraction of sp³-hybridized carbons (Fsp3) is 0.200. The fourth-order valence-corrected chi connectivity index (χ4v) is 1.40. The average Bonchev–Trinajstić information content (AvgIpc) is 2.70. The summed E-state index contributed by atoms with van der Waals surface area (Å²) in [4.78, 5) is 0. The minimum Gasteiger partial charge on any atom is -0.398 e. The molecule has 0 saturated heterocycles. The van der Waals surface area contributed by atoms with E-state index < -0.39 is 0 Å². The Morgan fingerprint density at radius 2 is 2.00 bits per heavy atom. The van der Waals surface area contributed by atoms with Crippen molar-refractivity contribution in [3.8, 4) is 5.69 Å². The molecular weight excluding hydrogens is 176 g/mol. The van der Waals surface area contributed by atoms with Gasteiger partial charge in [0.2, 0.25) is 0 Å². The highest BCUT2D eigenvalue weighted by Crippen LogP contribution is 2.17. The van der Waals surface area contributed by atoms with Crippen LogP contribution in [0.4, 0.5) is 5.69 Å². The second kappa shape index (κ2) is 3.49. The van der Waals surface area contributed by atoms with E-state index in [2.05, 4.69) is 17.1 Å². The second-order valence-electron chi connectivity index (χ2n) is 3.11. The molecule has 0 spiro atoms. The highest BCUT2D eigenvalue weighted by molar-refractivity contribution is 5.53. The quantitative estimate of drug-likeness (QED) is 0.725. The summed E-state index contributed by atoms with van der Waals surface area (Å²) in [5.41, 5.74) is 8.86. The summed E-state index contributed by atoms with van der Waals surface area (Å²) in [5.74, 6) is 0. The van der Waals surface area contributed by atoms with Gasteiger partial charge in [-0.25, -0.2) is 0 Å². The van der Waals surface area contributed by atoms with Crippen molar-refractivity contribution in [2.75, 3.05) is 5.73 Å². The van der Waals surface area contributed by atoms with Gasteiger partial charge in [-0.2, -0.15) is 0 Å². The number of hydrogen-bond acceptors (Lipinski definition) is 3. The van der Waals surface area contributed by atoms with E-state index in [1.54, 1.807) is 12.7 Å². The number of aryl methyl sites for hydroxylation is 1. The van der Waals surface area contributed by atoms with Crippen LogP contribution < -0.4 is 5.73 Å². The second-order valence-corrected chi connectivity index (χ2v) is 3.11. The first-order chi connectivity index (χ1) is 6.81. The van der Waals surface area contributed by atoms with Gasteiger partial charge in [0.1, 0.15) is 12.7 Å². The molecule has 0 unspecified atom stereocenters. The maximum absolute atomic E-state index is 5.88. The van der Waals surface area contributed by atoms with Crippen LogP contribution in [0.5, 0.6) is 0 Å². The van der Waals surface area contributed by atoms with Gasteiger partial charge >= 0.3 is 0 Å². The number of nitrogens with zero attached hydrogens (tertiary/aromatic N) is 3. The highest BCUT2D eigenvalue weighted by Gasteiger charge is 2.00. The Balaban J connectivity index is 2.43. The van der Waals surface area contributed by atoms with Gasteiger partial charge in [0.15, 0.2) is 0 Å². The maximum atomic E-state index is 5.88. The molecule has 1 heterocycles. The predicted molar refractivity (Wildman–Crippen MR) is 55.1 cm³/mol. The molecule has 0 bridgehead atoms. The van der Waals surface area contributed by atoms with Crippen molar-refractivity contribution in [1.82, 2.24) is 14.8 Å². The van der Waals surface area contributed by atoms with Crippen molar-refractivity contribution in [3.05, 3.63) is 36.4 Å². The number of rotatable bonds is 2. The van der Waals surface area contributed by atoms with Gasteiger partial charge in [-0.1, -0.05) is 13.0 Å². The molecular formula is C10H12N4. The zero-order valence-electron chi connectivity index (χ0n) is 8.01. The summed E-state index contributed by atoms with van der Waals surface area (Å²) < 4.78 is 1.83. The molecule has 0 amide bonds. The van der Waals surface area contributed by atoms with Crippen LogP contribution in [0, 0.1) is 0 Å². The van der Waals surface area contributed by atoms with E-state index in [1.807, 2.05) is 22.8 Å². The molecule has 0 atom stereocenters. The molecule has 1 aromatic carbocycles. The standard InChI is InChI=1S/C10H12N4/c1-2-8-3-4-9(5-10(8)11)14-6-12-13-7-14/h3-7H,2,11H2,1H3. The summed E-state index contributed by atoms with van der Waals surface area (Å²) in [7, 11) is 0. The van der Waals surface area contributed by atoms with Crippen LogP contribution in [0.1, 0.15) is 12.5 Å². The zero-order valence-corrected chi connectivity index (χ0v) is 8.01. The number of hydrogen-bond donors (Lipinski definition) is 1. The molecule has 4 nitrogen and oxygen atoms in total. The van der Waals surface area contributed by atoms with Crippen LogP contribution >= 0.6 is 0 Å². The van der Waals surface area contributed by atoms with Crippen molar-refractivity contribution in [3.63, 3.8) is 0 Å². The van der Waals surface area contributed by atoms with Crippen molar-refractivity contribution < 1.29 is 0 Å². The number of benzene rings is 1. The minimum absolute atomic E-state index is 0.818. The third kappa shape index (κ3) is 1.46. The number of nitrogen functional groups attached to an aromatic ring is 1. The first kappa shape index (κ1) is 8.74. The van der Waals surface area contributed by atoms with Crippen LogP contribution in [-0.4, -0.2) is 14.8 Å². The number of anilines is 1. The van der Waals surface area contributed by atoms with E-state index in [0.717, 1.165) is 17.8 Å². The van der Waals surface area contributed by atoms with Crippen LogP contribution in [0.25, 0.3) is 5.69 Å². The van der Waals surface area contributed by atoms with E-state index >= 15 is 0 Å². The highest BCUT2D eigenvalue weighted by atomic mass is 15.2. The maximum Gasteiger partial charge on any atom is 0.123 e. The topological polar surface area (TPSA) is 56.7 Å². The lowest BCUT2D eigenvalue weighted by molar-refractivity contribution is 1.05. The lowest BCUT2D eigenvalue weighted by Crippen LogP contribution is -1.96. The molecule has 72 valence electrons. The van der Waals surface area contributed by atoms with E-state index in [4.69, 9.17) is 5.73 Å². The molecule has 2 rings (SSSR count). The third-order valence-electron chi connectivity index (χ3n) is 2.23. The van der Waals surface area contributed by atoms with Gasteiger partial charge in [0.05, 0.1) is 5.69 Å². The van der Waals surface area contributed by atoms with Gasteiger partial charge in [0, 0.05) is 5.69 Å². The van der Waals surface area contributed by atoms with Gasteiger partial charge < -0.3 is 5.73 Å². The minimum atomic E-state index is 0.818. The summed E-state index contributed by atoms with van der Waals surface area (Å²) in [6, 6.07) is 5.98. The Morgan fingerprint density at radius 1 is 1.29 bits per heavy atom. The van der Waals surface area contributed by atoms with E-state index in [-0.39, 0.29) is 0 Å². The van der Waals surface area contributed by atoms with E-state index in [9.17, 15) is 0 Å². The molecule has 0 aliphatic rings. The van der Waals surface area contributed by atoms with Gasteiger partial charge in [0.25, 0.3) is 0 Å². The Labute approximate surface area is 82.4 Å². The molecule has 0 aliphatic heterocycles. The van der Waals surface area contributed by atoms with Gasteiger partial charge in [-0.3, -0.25) is 4.57 Å². The summed E-state index contributed by atoms with van der Waals surface area (Å²) in [6.07, 6.45) is 4.26. The summed E-state index contributed by atoms with van der Waals surface area (Å²) in [6.45, 7) is 2.09. The molecule has 1 aromatic heterocycles. The smallest absolute Gasteiger partial charge is 0.123 e. The predicted octanol–water partition coefficient (Wildman–Crippen LogP) is 1.41. The van der Waals surface area contributed by atoms with Gasteiger partial charge in [-0.05, 0) is 24.1 Å². The molecule has 14 heavy (non-hydrogen) atoms. The zero-order chi connectivity index (χ0) is 9.97. The first-order valence-corrected chi connectivity index (χ1v) is 4.54. The monoisotopic (exact) mass is 188 g/mol. The molecule has 0 saturated carbocycles. The van der Waals surface area contributed by atoms with Crippen LogP contribution in [0.15, 0.2) is 30.9 Å². The Kier molecular flexibility index (Phi) is 2.18. The lowest BCUT2D eigenvalue weighted by atomic mass is 10.1. The van der Waals surface area contributed by atoms with Crippen molar-refractivity contribution in [1.29, 1.82) is 0 Å². The molecule has 0 fully saturated rings.